The van der Waals surface area contributed by atoms with Crippen molar-refractivity contribution in [3.05, 3.63) is 28.2 Å². The van der Waals surface area contributed by atoms with E-state index in [1.807, 2.05) is 6.07 Å². The first-order chi connectivity index (χ1) is 7.70. The summed E-state index contributed by atoms with van der Waals surface area (Å²) in [7, 11) is 1.72. The Balaban J connectivity index is 1.97. The second-order valence-corrected chi connectivity index (χ2v) is 5.38. The van der Waals surface area contributed by atoms with E-state index >= 15 is 0 Å². The van der Waals surface area contributed by atoms with Crippen LogP contribution in [-0.4, -0.2) is 13.2 Å². The Hall–Kier alpha value is -0.540. The molecule has 1 atom stereocenters. The second-order valence-electron chi connectivity index (χ2n) is 4.46. The van der Waals surface area contributed by atoms with E-state index in [2.05, 4.69) is 40.3 Å². The molecular weight excluding hydrogens is 266 g/mol. The molecule has 3 heteroatoms. The maximum atomic E-state index is 5.36. The molecule has 0 aliphatic heterocycles. The van der Waals surface area contributed by atoms with Crippen molar-refractivity contribution in [1.29, 1.82) is 0 Å². The zero-order chi connectivity index (χ0) is 11.5. The van der Waals surface area contributed by atoms with Crippen molar-refractivity contribution < 1.29 is 4.74 Å². The van der Waals surface area contributed by atoms with E-state index in [0.717, 1.165) is 22.7 Å². The molecule has 2 rings (SSSR count). The third kappa shape index (κ3) is 2.98. The van der Waals surface area contributed by atoms with Crippen LogP contribution in [0.5, 0.6) is 5.75 Å². The molecule has 1 aliphatic rings. The molecule has 1 aromatic rings. The Bertz CT molecular complexity index is 363. The first-order valence-electron chi connectivity index (χ1n) is 5.76. The van der Waals surface area contributed by atoms with Gasteiger partial charge in [-0.05, 0) is 37.8 Å². The van der Waals surface area contributed by atoms with Gasteiger partial charge in [-0.15, -0.1) is 0 Å². The highest BCUT2D eigenvalue weighted by Crippen LogP contribution is 2.32. The van der Waals surface area contributed by atoms with Gasteiger partial charge in [-0.3, -0.25) is 0 Å². The molecule has 1 unspecified atom stereocenters. The van der Waals surface area contributed by atoms with Crippen molar-refractivity contribution in [3.63, 3.8) is 0 Å². The lowest BCUT2D eigenvalue weighted by atomic mass is 10.1. The maximum Gasteiger partial charge on any atom is 0.124 e. The van der Waals surface area contributed by atoms with Crippen molar-refractivity contribution in [1.82, 2.24) is 5.32 Å². The van der Waals surface area contributed by atoms with Gasteiger partial charge in [-0.2, -0.15) is 0 Å². The van der Waals surface area contributed by atoms with E-state index < -0.39 is 0 Å². The first-order valence-corrected chi connectivity index (χ1v) is 6.56. The lowest BCUT2D eigenvalue weighted by molar-refractivity contribution is 0.403. The van der Waals surface area contributed by atoms with Crippen LogP contribution in [0.1, 0.15) is 25.3 Å². The summed E-state index contributed by atoms with van der Waals surface area (Å²) < 4.78 is 6.42. The molecule has 1 fully saturated rings. The zero-order valence-corrected chi connectivity index (χ0v) is 11.4. The van der Waals surface area contributed by atoms with E-state index in [4.69, 9.17) is 4.74 Å². The molecule has 0 bridgehead atoms. The average Bonchev–Trinajstić information content (AvgIpc) is 3.10. The molecule has 16 heavy (non-hydrogen) atoms. The van der Waals surface area contributed by atoms with Crippen LogP contribution < -0.4 is 10.1 Å². The average molecular weight is 284 g/mol. The maximum absolute atomic E-state index is 5.36. The summed E-state index contributed by atoms with van der Waals surface area (Å²) in [4.78, 5) is 0. The molecule has 0 saturated heterocycles. The van der Waals surface area contributed by atoms with Gasteiger partial charge in [0.05, 0.1) is 7.11 Å². The van der Waals surface area contributed by atoms with Crippen LogP contribution in [0.3, 0.4) is 0 Å². The third-order valence-electron chi connectivity index (χ3n) is 3.19. The summed E-state index contributed by atoms with van der Waals surface area (Å²) in [6.07, 6.45) is 2.76. The topological polar surface area (TPSA) is 21.3 Å². The molecule has 0 heterocycles. The van der Waals surface area contributed by atoms with Gasteiger partial charge >= 0.3 is 0 Å². The fraction of sp³-hybridized carbons (Fsp3) is 0.538. The number of hydrogen-bond acceptors (Lipinski definition) is 2. The zero-order valence-electron chi connectivity index (χ0n) is 9.79. The lowest BCUT2D eigenvalue weighted by Gasteiger charge is -2.14. The summed E-state index contributed by atoms with van der Waals surface area (Å²) in [6, 6.07) is 6.80. The molecule has 0 radical (unpaired) electrons. The van der Waals surface area contributed by atoms with E-state index in [1.54, 1.807) is 7.11 Å². The normalized spacial score (nSPS) is 17.2. The molecule has 0 spiro atoms. The van der Waals surface area contributed by atoms with Crippen LogP contribution in [0.4, 0.5) is 0 Å². The number of rotatable bonds is 5. The van der Waals surface area contributed by atoms with Gasteiger partial charge in [0.2, 0.25) is 0 Å². The minimum atomic E-state index is 0.619. The van der Waals surface area contributed by atoms with E-state index in [9.17, 15) is 0 Å². The third-order valence-corrected chi connectivity index (χ3v) is 3.69. The number of hydrogen-bond donors (Lipinski definition) is 1. The largest absolute Gasteiger partial charge is 0.496 e. The van der Waals surface area contributed by atoms with Gasteiger partial charge < -0.3 is 10.1 Å². The molecule has 0 aromatic heterocycles. The lowest BCUT2D eigenvalue weighted by Crippen LogP contribution is -2.27. The Morgan fingerprint density at radius 2 is 2.25 bits per heavy atom. The highest BCUT2D eigenvalue weighted by atomic mass is 79.9. The summed E-state index contributed by atoms with van der Waals surface area (Å²) in [5.41, 5.74) is 1.22. The van der Waals surface area contributed by atoms with Crippen molar-refractivity contribution in [2.24, 2.45) is 5.92 Å². The van der Waals surface area contributed by atoms with Crippen molar-refractivity contribution in [2.45, 2.75) is 32.4 Å². The summed E-state index contributed by atoms with van der Waals surface area (Å²) in [5.74, 6) is 1.84. The standard InChI is InChI=1S/C13H18BrNO/c1-9(10-3-4-10)15-8-11-5-6-12(14)7-13(11)16-2/h5-7,9-10,15H,3-4,8H2,1-2H3. The fourth-order valence-electron chi connectivity index (χ4n) is 1.90. The molecule has 1 aliphatic carbocycles. The van der Waals surface area contributed by atoms with Gasteiger partial charge in [0.15, 0.2) is 0 Å². The predicted octanol–water partition coefficient (Wildman–Crippen LogP) is 3.35. The number of methoxy groups -OCH3 is 1. The molecular formula is C13H18BrNO. The SMILES string of the molecule is COc1cc(Br)ccc1CNC(C)C1CC1. The van der Waals surface area contributed by atoms with Gasteiger partial charge in [0.25, 0.3) is 0 Å². The minimum Gasteiger partial charge on any atom is -0.496 e. The number of halogens is 1. The number of ether oxygens (including phenoxy) is 1. The monoisotopic (exact) mass is 283 g/mol. The number of nitrogens with one attached hydrogen (secondary N) is 1. The van der Waals surface area contributed by atoms with Crippen LogP contribution >= 0.6 is 15.9 Å². The molecule has 0 amide bonds. The Morgan fingerprint density at radius 1 is 1.50 bits per heavy atom. The van der Waals surface area contributed by atoms with Gasteiger partial charge in [0, 0.05) is 22.6 Å². The fourth-order valence-corrected chi connectivity index (χ4v) is 2.24. The Labute approximate surface area is 106 Å². The van der Waals surface area contributed by atoms with E-state index in [1.165, 1.54) is 18.4 Å². The highest BCUT2D eigenvalue weighted by Gasteiger charge is 2.27. The van der Waals surface area contributed by atoms with E-state index in [0.29, 0.717) is 6.04 Å². The smallest absolute Gasteiger partial charge is 0.124 e. The first kappa shape index (κ1) is 11.9. The van der Waals surface area contributed by atoms with Crippen LogP contribution in [0.25, 0.3) is 0 Å². The van der Waals surface area contributed by atoms with Crippen molar-refractivity contribution >= 4 is 15.9 Å². The molecule has 1 aromatic carbocycles. The predicted molar refractivity (Wildman–Crippen MR) is 69.7 cm³/mol. The number of benzene rings is 1. The molecule has 1 saturated carbocycles. The quantitative estimate of drug-likeness (QED) is 0.895. The summed E-state index contributed by atoms with van der Waals surface area (Å²) in [6.45, 7) is 3.15. The van der Waals surface area contributed by atoms with Gasteiger partial charge in [-0.1, -0.05) is 22.0 Å². The summed E-state index contributed by atoms with van der Waals surface area (Å²) in [5, 5.41) is 3.56. The van der Waals surface area contributed by atoms with Crippen molar-refractivity contribution in [2.75, 3.05) is 7.11 Å². The van der Waals surface area contributed by atoms with Gasteiger partial charge in [0.1, 0.15) is 5.75 Å². The second kappa shape index (κ2) is 5.19. The highest BCUT2D eigenvalue weighted by molar-refractivity contribution is 9.10. The summed E-state index contributed by atoms with van der Waals surface area (Å²) >= 11 is 3.45. The van der Waals surface area contributed by atoms with Crippen LogP contribution in [0.2, 0.25) is 0 Å². The minimum absolute atomic E-state index is 0.619. The Kier molecular flexibility index (Phi) is 3.87. The van der Waals surface area contributed by atoms with Crippen LogP contribution in [0.15, 0.2) is 22.7 Å². The Morgan fingerprint density at radius 3 is 2.88 bits per heavy atom. The van der Waals surface area contributed by atoms with Crippen molar-refractivity contribution in [3.8, 4) is 5.75 Å². The van der Waals surface area contributed by atoms with Crippen LogP contribution in [0, 0.1) is 5.92 Å². The van der Waals surface area contributed by atoms with Crippen LogP contribution in [-0.2, 0) is 6.54 Å². The molecule has 1 N–H and O–H groups in total. The van der Waals surface area contributed by atoms with E-state index in [-0.39, 0.29) is 0 Å². The molecule has 88 valence electrons. The molecule has 2 nitrogen and oxygen atoms in total. The van der Waals surface area contributed by atoms with Gasteiger partial charge in [-0.25, -0.2) is 0 Å².